The molecule has 18 heavy (non-hydrogen) atoms. The molecule has 5 nitrogen and oxygen atoms in total. The molecule has 0 aliphatic heterocycles. The first-order valence-corrected chi connectivity index (χ1v) is 6.32. The quantitative estimate of drug-likeness (QED) is 0.703. The van der Waals surface area contributed by atoms with Crippen LogP contribution in [-0.4, -0.2) is 32.8 Å². The number of primary amides is 1. The van der Waals surface area contributed by atoms with Crippen LogP contribution in [0.5, 0.6) is 5.75 Å². The fourth-order valence-electron chi connectivity index (χ4n) is 1.33. The Morgan fingerprint density at radius 3 is 2.89 bits per heavy atom. The third-order valence-corrected chi connectivity index (χ3v) is 2.80. The van der Waals surface area contributed by atoms with E-state index in [9.17, 15) is 4.79 Å². The van der Waals surface area contributed by atoms with Crippen molar-refractivity contribution in [2.75, 3.05) is 26.9 Å². The van der Waals surface area contributed by atoms with E-state index in [4.69, 9.17) is 15.2 Å². The van der Waals surface area contributed by atoms with Crippen LogP contribution >= 0.6 is 15.9 Å². The van der Waals surface area contributed by atoms with Crippen LogP contribution in [0, 0.1) is 0 Å². The van der Waals surface area contributed by atoms with Crippen molar-refractivity contribution in [2.45, 2.75) is 6.54 Å². The van der Waals surface area contributed by atoms with Crippen LogP contribution in [0.15, 0.2) is 22.7 Å². The Morgan fingerprint density at radius 1 is 1.50 bits per heavy atom. The molecule has 0 aliphatic rings. The number of methoxy groups -OCH3 is 1. The van der Waals surface area contributed by atoms with Gasteiger partial charge < -0.3 is 20.5 Å². The highest BCUT2D eigenvalue weighted by molar-refractivity contribution is 9.10. The van der Waals surface area contributed by atoms with E-state index in [1.165, 1.54) is 0 Å². The van der Waals surface area contributed by atoms with Crippen molar-refractivity contribution in [3.63, 3.8) is 0 Å². The number of carbonyl (C=O) groups is 1. The Labute approximate surface area is 115 Å². The van der Waals surface area contributed by atoms with E-state index in [1.807, 2.05) is 12.1 Å². The maximum absolute atomic E-state index is 10.6. The molecule has 0 saturated heterocycles. The zero-order valence-corrected chi connectivity index (χ0v) is 11.8. The maximum atomic E-state index is 10.6. The second-order valence-corrected chi connectivity index (χ2v) is 4.54. The molecule has 100 valence electrons. The molecule has 3 N–H and O–H groups in total. The average Bonchev–Trinajstić information content (AvgIpc) is 2.33. The molecule has 0 unspecified atom stereocenters. The van der Waals surface area contributed by atoms with E-state index >= 15 is 0 Å². The molecule has 0 spiro atoms. The number of nitrogens with two attached hydrogens (primary N) is 1. The number of benzene rings is 1. The smallest absolute Gasteiger partial charge is 0.255 e. The predicted molar refractivity (Wildman–Crippen MR) is 72.4 cm³/mol. The van der Waals surface area contributed by atoms with Crippen LogP contribution in [0.25, 0.3) is 0 Å². The minimum Gasteiger partial charge on any atom is -0.483 e. The molecule has 0 aliphatic carbocycles. The number of rotatable bonds is 8. The molecule has 1 aromatic carbocycles. The summed E-state index contributed by atoms with van der Waals surface area (Å²) >= 11 is 3.39. The zero-order valence-electron chi connectivity index (χ0n) is 10.2. The summed E-state index contributed by atoms with van der Waals surface area (Å²) in [7, 11) is 1.67. The molecular formula is C12H17BrN2O3. The summed E-state index contributed by atoms with van der Waals surface area (Å²) in [6, 6.07) is 5.68. The number of halogens is 1. The van der Waals surface area contributed by atoms with Crippen LogP contribution in [0.3, 0.4) is 0 Å². The zero-order chi connectivity index (χ0) is 13.4. The first kappa shape index (κ1) is 14.9. The molecule has 0 heterocycles. The van der Waals surface area contributed by atoms with Crippen LogP contribution in [0.4, 0.5) is 0 Å². The molecule has 0 fully saturated rings. The summed E-state index contributed by atoms with van der Waals surface area (Å²) in [6.45, 7) is 2.11. The highest BCUT2D eigenvalue weighted by Crippen LogP contribution is 2.25. The lowest BCUT2D eigenvalue weighted by Gasteiger charge is -2.09. The van der Waals surface area contributed by atoms with Crippen LogP contribution < -0.4 is 15.8 Å². The number of amides is 1. The maximum Gasteiger partial charge on any atom is 0.255 e. The average molecular weight is 317 g/mol. The van der Waals surface area contributed by atoms with E-state index in [0.29, 0.717) is 12.4 Å². The van der Waals surface area contributed by atoms with Crippen LogP contribution in [0.1, 0.15) is 5.56 Å². The molecule has 6 heteroatoms. The third kappa shape index (κ3) is 5.48. The van der Waals surface area contributed by atoms with Crippen LogP contribution in [0.2, 0.25) is 0 Å². The van der Waals surface area contributed by atoms with Gasteiger partial charge in [-0.2, -0.15) is 0 Å². The second-order valence-electron chi connectivity index (χ2n) is 3.69. The van der Waals surface area contributed by atoms with Crippen molar-refractivity contribution in [2.24, 2.45) is 5.73 Å². The molecule has 0 saturated carbocycles. The van der Waals surface area contributed by atoms with Crippen molar-refractivity contribution < 1.29 is 14.3 Å². The molecule has 0 radical (unpaired) electrons. The fraction of sp³-hybridized carbons (Fsp3) is 0.417. The second kappa shape index (κ2) is 8.07. The van der Waals surface area contributed by atoms with Gasteiger partial charge in [0, 0.05) is 20.2 Å². The van der Waals surface area contributed by atoms with Gasteiger partial charge in [-0.3, -0.25) is 4.79 Å². The van der Waals surface area contributed by atoms with Gasteiger partial charge in [-0.15, -0.1) is 0 Å². The van der Waals surface area contributed by atoms with Gasteiger partial charge in [-0.1, -0.05) is 6.07 Å². The van der Waals surface area contributed by atoms with E-state index < -0.39 is 5.91 Å². The standard InChI is InChI=1S/C12H17BrN2O3/c1-17-5-4-15-7-9-2-3-11(10(13)6-9)18-8-12(14)16/h2-3,6,15H,4-5,7-8H2,1H3,(H2,14,16). The number of hydrogen-bond donors (Lipinski definition) is 2. The minimum absolute atomic E-state index is 0.121. The van der Waals surface area contributed by atoms with Gasteiger partial charge in [0.2, 0.25) is 0 Å². The van der Waals surface area contributed by atoms with Gasteiger partial charge >= 0.3 is 0 Å². The summed E-state index contributed by atoms with van der Waals surface area (Å²) in [6.07, 6.45) is 0. The van der Waals surface area contributed by atoms with Crippen molar-refractivity contribution in [3.8, 4) is 5.75 Å². The summed E-state index contributed by atoms with van der Waals surface area (Å²) in [5, 5.41) is 3.24. The number of hydrogen-bond acceptors (Lipinski definition) is 4. The van der Waals surface area contributed by atoms with Gasteiger partial charge in [0.15, 0.2) is 6.61 Å². The van der Waals surface area contributed by atoms with Crippen molar-refractivity contribution >= 4 is 21.8 Å². The van der Waals surface area contributed by atoms with Gasteiger partial charge in [0.1, 0.15) is 5.75 Å². The number of ether oxygens (including phenoxy) is 2. The first-order chi connectivity index (χ1) is 8.63. The Kier molecular flexibility index (Phi) is 6.70. The molecule has 1 amide bonds. The Hall–Kier alpha value is -1.11. The Balaban J connectivity index is 2.48. The largest absolute Gasteiger partial charge is 0.483 e. The molecule has 0 bridgehead atoms. The lowest BCUT2D eigenvalue weighted by Crippen LogP contribution is -2.20. The van der Waals surface area contributed by atoms with Gasteiger partial charge in [0.25, 0.3) is 5.91 Å². The molecule has 1 aromatic rings. The van der Waals surface area contributed by atoms with Crippen LogP contribution in [-0.2, 0) is 16.1 Å². The van der Waals surface area contributed by atoms with Crippen molar-refractivity contribution in [3.05, 3.63) is 28.2 Å². The number of carbonyl (C=O) groups excluding carboxylic acids is 1. The molecule has 0 aromatic heterocycles. The molecule has 1 rings (SSSR count). The van der Waals surface area contributed by atoms with Crippen molar-refractivity contribution in [1.82, 2.24) is 5.32 Å². The van der Waals surface area contributed by atoms with Crippen molar-refractivity contribution in [1.29, 1.82) is 0 Å². The Morgan fingerprint density at radius 2 is 2.28 bits per heavy atom. The highest BCUT2D eigenvalue weighted by atomic mass is 79.9. The summed E-state index contributed by atoms with van der Waals surface area (Å²) in [5.74, 6) is 0.113. The monoisotopic (exact) mass is 316 g/mol. The summed E-state index contributed by atoms with van der Waals surface area (Å²) in [4.78, 5) is 10.6. The van der Waals surface area contributed by atoms with E-state index in [0.717, 1.165) is 23.1 Å². The molecule has 0 atom stereocenters. The predicted octanol–water partition coefficient (Wildman–Crippen LogP) is 1.05. The van der Waals surface area contributed by atoms with E-state index in [-0.39, 0.29) is 6.61 Å². The van der Waals surface area contributed by atoms with Gasteiger partial charge in [-0.25, -0.2) is 0 Å². The fourth-order valence-corrected chi connectivity index (χ4v) is 1.87. The van der Waals surface area contributed by atoms with E-state index in [2.05, 4.69) is 21.2 Å². The summed E-state index contributed by atoms with van der Waals surface area (Å²) < 4.78 is 11.0. The number of nitrogens with one attached hydrogen (secondary N) is 1. The third-order valence-electron chi connectivity index (χ3n) is 2.18. The van der Waals surface area contributed by atoms with Gasteiger partial charge in [0.05, 0.1) is 11.1 Å². The summed E-state index contributed by atoms with van der Waals surface area (Å²) in [5.41, 5.74) is 6.13. The lowest BCUT2D eigenvalue weighted by atomic mass is 10.2. The van der Waals surface area contributed by atoms with E-state index in [1.54, 1.807) is 13.2 Å². The highest BCUT2D eigenvalue weighted by Gasteiger charge is 2.04. The lowest BCUT2D eigenvalue weighted by molar-refractivity contribution is -0.119. The molecular weight excluding hydrogens is 300 g/mol. The topological polar surface area (TPSA) is 73.6 Å². The van der Waals surface area contributed by atoms with Gasteiger partial charge in [-0.05, 0) is 33.6 Å². The minimum atomic E-state index is -0.493. The normalized spacial score (nSPS) is 10.3. The first-order valence-electron chi connectivity index (χ1n) is 5.52. The Bertz CT molecular complexity index is 399. The SMILES string of the molecule is COCCNCc1ccc(OCC(N)=O)c(Br)c1.